The first-order valence-corrected chi connectivity index (χ1v) is 9.27. The second-order valence-corrected chi connectivity index (χ2v) is 6.24. The molecule has 0 unspecified atom stereocenters. The summed E-state index contributed by atoms with van der Waals surface area (Å²) in [6, 6.07) is 6.07. The number of aliphatic imine (C=N–C) groups is 1. The number of unbranched alkanes of at least 4 members (excludes halogenated alkanes) is 1. The van der Waals surface area contributed by atoms with Gasteiger partial charge in [0.15, 0.2) is 5.96 Å². The van der Waals surface area contributed by atoms with Crippen LogP contribution in [0.15, 0.2) is 29.3 Å². The van der Waals surface area contributed by atoms with E-state index in [4.69, 9.17) is 4.74 Å². The summed E-state index contributed by atoms with van der Waals surface area (Å²) in [4.78, 5) is 20.2. The molecule has 0 saturated carbocycles. The highest BCUT2D eigenvalue weighted by atomic mass is 19.1. The number of carbonyl (C=O) groups excluding carboxylic acids is 1. The highest BCUT2D eigenvalue weighted by molar-refractivity contribution is 5.80. The number of nitrogens with one attached hydrogen (secondary N) is 1. The number of hydrogen-bond donors (Lipinski definition) is 1. The highest BCUT2D eigenvalue weighted by Crippen LogP contribution is 2.11. The maximum Gasteiger partial charge on any atom is 0.219 e. The zero-order valence-electron chi connectivity index (χ0n) is 15.7. The highest BCUT2D eigenvalue weighted by Gasteiger charge is 2.20. The summed E-state index contributed by atoms with van der Waals surface area (Å²) in [6.07, 6.45) is 1.81. The van der Waals surface area contributed by atoms with Gasteiger partial charge in [-0.05, 0) is 44.0 Å². The molecular weight excluding hydrogens is 335 g/mol. The van der Waals surface area contributed by atoms with E-state index in [-0.39, 0.29) is 11.7 Å². The lowest BCUT2D eigenvalue weighted by Gasteiger charge is -2.36. The minimum absolute atomic E-state index is 0.132. The van der Waals surface area contributed by atoms with Gasteiger partial charge < -0.3 is 19.9 Å². The zero-order chi connectivity index (χ0) is 18.8. The maximum absolute atomic E-state index is 12.8. The van der Waals surface area contributed by atoms with Crippen molar-refractivity contribution in [3.05, 3.63) is 30.1 Å². The van der Waals surface area contributed by atoms with Crippen LogP contribution < -0.4 is 10.1 Å². The predicted octanol–water partition coefficient (Wildman–Crippen LogP) is 2.11. The molecule has 1 fully saturated rings. The van der Waals surface area contributed by atoms with Crippen molar-refractivity contribution in [1.82, 2.24) is 15.1 Å². The van der Waals surface area contributed by atoms with E-state index in [0.29, 0.717) is 12.4 Å². The van der Waals surface area contributed by atoms with Crippen molar-refractivity contribution in [3.8, 4) is 5.75 Å². The molecule has 7 heteroatoms. The number of hydrogen-bond acceptors (Lipinski definition) is 3. The maximum atomic E-state index is 12.8. The molecule has 144 valence electrons. The van der Waals surface area contributed by atoms with Crippen molar-refractivity contribution in [1.29, 1.82) is 0 Å². The number of guanidine groups is 1. The van der Waals surface area contributed by atoms with Gasteiger partial charge in [-0.2, -0.15) is 0 Å². The molecule has 1 heterocycles. The van der Waals surface area contributed by atoms with Crippen molar-refractivity contribution < 1.29 is 13.9 Å². The van der Waals surface area contributed by atoms with E-state index >= 15 is 0 Å². The van der Waals surface area contributed by atoms with Gasteiger partial charge in [-0.1, -0.05) is 0 Å². The van der Waals surface area contributed by atoms with Crippen LogP contribution in [0.5, 0.6) is 5.75 Å². The molecule has 0 atom stereocenters. The van der Waals surface area contributed by atoms with E-state index < -0.39 is 0 Å². The molecule has 1 N–H and O–H groups in total. The SMILES string of the molecule is CCNC(=NCCCCOc1ccc(F)cc1)N1CCN(C(C)=O)CC1. The lowest BCUT2D eigenvalue weighted by molar-refractivity contribution is -0.130. The van der Waals surface area contributed by atoms with E-state index in [9.17, 15) is 9.18 Å². The Morgan fingerprint density at radius 2 is 1.81 bits per heavy atom. The third-order valence-corrected chi connectivity index (χ3v) is 4.26. The van der Waals surface area contributed by atoms with Crippen LogP contribution in [0.4, 0.5) is 4.39 Å². The number of carbonyl (C=O) groups is 1. The number of amides is 1. The van der Waals surface area contributed by atoms with Gasteiger partial charge in [0.25, 0.3) is 0 Å². The molecule has 1 aliphatic heterocycles. The summed E-state index contributed by atoms with van der Waals surface area (Å²) in [5, 5.41) is 3.32. The second-order valence-electron chi connectivity index (χ2n) is 6.24. The molecule has 1 aromatic carbocycles. The van der Waals surface area contributed by atoms with Crippen molar-refractivity contribution >= 4 is 11.9 Å². The topological polar surface area (TPSA) is 57.2 Å². The Balaban J connectivity index is 1.69. The average Bonchev–Trinajstić information content (AvgIpc) is 2.65. The number of benzene rings is 1. The molecule has 0 aliphatic carbocycles. The van der Waals surface area contributed by atoms with E-state index in [0.717, 1.165) is 58.1 Å². The molecule has 1 saturated heterocycles. The Morgan fingerprint density at radius 1 is 1.15 bits per heavy atom. The van der Waals surface area contributed by atoms with Gasteiger partial charge >= 0.3 is 0 Å². The first kappa shape index (κ1) is 20.0. The van der Waals surface area contributed by atoms with Gasteiger partial charge in [-0.15, -0.1) is 0 Å². The number of nitrogens with zero attached hydrogens (tertiary/aromatic N) is 3. The van der Waals surface area contributed by atoms with Crippen molar-refractivity contribution in [3.63, 3.8) is 0 Å². The summed E-state index contributed by atoms with van der Waals surface area (Å²) < 4.78 is 18.4. The summed E-state index contributed by atoms with van der Waals surface area (Å²) in [5.74, 6) is 1.47. The molecule has 0 bridgehead atoms. The fourth-order valence-corrected chi connectivity index (χ4v) is 2.78. The van der Waals surface area contributed by atoms with Crippen LogP contribution in [0.25, 0.3) is 0 Å². The van der Waals surface area contributed by atoms with Gasteiger partial charge in [-0.25, -0.2) is 4.39 Å². The number of ether oxygens (including phenoxy) is 1. The van der Waals surface area contributed by atoms with Crippen LogP contribution in [0, 0.1) is 5.82 Å². The quantitative estimate of drug-likeness (QED) is 0.457. The smallest absolute Gasteiger partial charge is 0.219 e. The van der Waals surface area contributed by atoms with Crippen LogP contribution in [-0.4, -0.2) is 67.5 Å². The van der Waals surface area contributed by atoms with Gasteiger partial charge in [0.2, 0.25) is 5.91 Å². The number of piperazine rings is 1. The average molecular weight is 364 g/mol. The summed E-state index contributed by atoms with van der Waals surface area (Å²) in [5.41, 5.74) is 0. The Labute approximate surface area is 155 Å². The predicted molar refractivity (Wildman–Crippen MR) is 101 cm³/mol. The molecule has 0 spiro atoms. The van der Waals surface area contributed by atoms with Gasteiger partial charge in [0.05, 0.1) is 6.61 Å². The first-order valence-electron chi connectivity index (χ1n) is 9.27. The minimum atomic E-state index is -0.258. The Bertz CT molecular complexity index is 584. The third-order valence-electron chi connectivity index (χ3n) is 4.26. The van der Waals surface area contributed by atoms with Crippen LogP contribution in [-0.2, 0) is 4.79 Å². The zero-order valence-corrected chi connectivity index (χ0v) is 15.7. The molecule has 0 aromatic heterocycles. The normalized spacial score (nSPS) is 15.1. The van der Waals surface area contributed by atoms with Gasteiger partial charge in [0, 0.05) is 46.2 Å². The minimum Gasteiger partial charge on any atom is -0.494 e. The third kappa shape index (κ3) is 6.54. The molecule has 0 radical (unpaired) electrons. The lowest BCUT2D eigenvalue weighted by atomic mass is 10.3. The summed E-state index contributed by atoms with van der Waals surface area (Å²) in [6.45, 7) is 8.89. The lowest BCUT2D eigenvalue weighted by Crippen LogP contribution is -2.53. The van der Waals surface area contributed by atoms with Crippen LogP contribution in [0.3, 0.4) is 0 Å². The van der Waals surface area contributed by atoms with E-state index in [1.165, 1.54) is 12.1 Å². The molecule has 1 aliphatic rings. The molecule has 26 heavy (non-hydrogen) atoms. The Morgan fingerprint density at radius 3 is 2.42 bits per heavy atom. The van der Waals surface area contributed by atoms with Gasteiger partial charge in [0.1, 0.15) is 11.6 Å². The monoisotopic (exact) mass is 364 g/mol. The van der Waals surface area contributed by atoms with E-state index in [1.54, 1.807) is 19.1 Å². The Kier molecular flexibility index (Phi) is 8.18. The summed E-state index contributed by atoms with van der Waals surface area (Å²) >= 11 is 0. The number of rotatable bonds is 7. The number of halogens is 1. The summed E-state index contributed by atoms with van der Waals surface area (Å²) in [7, 11) is 0. The van der Waals surface area contributed by atoms with Crippen LogP contribution in [0.1, 0.15) is 26.7 Å². The fraction of sp³-hybridized carbons (Fsp3) is 0.579. The van der Waals surface area contributed by atoms with Crippen molar-refractivity contribution in [2.45, 2.75) is 26.7 Å². The standard InChI is InChI=1S/C19H29FN4O2/c1-3-21-19(24-13-11-23(12-14-24)16(2)25)22-10-4-5-15-26-18-8-6-17(20)7-9-18/h6-9H,3-5,10-15H2,1-2H3,(H,21,22). The molecule has 2 rings (SSSR count). The second kappa shape index (κ2) is 10.6. The van der Waals surface area contributed by atoms with Crippen LogP contribution in [0.2, 0.25) is 0 Å². The molecule has 1 aromatic rings. The Hall–Kier alpha value is -2.31. The molecule has 6 nitrogen and oxygen atoms in total. The van der Waals surface area contributed by atoms with Gasteiger partial charge in [-0.3, -0.25) is 9.79 Å². The van der Waals surface area contributed by atoms with E-state index in [2.05, 4.69) is 22.1 Å². The molecule has 1 amide bonds. The van der Waals surface area contributed by atoms with Crippen molar-refractivity contribution in [2.75, 3.05) is 45.9 Å². The van der Waals surface area contributed by atoms with Crippen LogP contribution >= 0.6 is 0 Å². The fourth-order valence-electron chi connectivity index (χ4n) is 2.78. The van der Waals surface area contributed by atoms with E-state index in [1.807, 2.05) is 4.90 Å². The first-order chi connectivity index (χ1) is 12.6. The van der Waals surface area contributed by atoms with Crippen molar-refractivity contribution in [2.24, 2.45) is 4.99 Å². The largest absolute Gasteiger partial charge is 0.494 e. The molecular formula is C19H29FN4O2.